The van der Waals surface area contributed by atoms with Crippen molar-refractivity contribution in [3.8, 4) is 0 Å². The van der Waals surface area contributed by atoms with Gasteiger partial charge in [0.05, 0.1) is 42.7 Å². The Labute approximate surface area is 254 Å². The van der Waals surface area contributed by atoms with Crippen LogP contribution in [0.15, 0.2) is 107 Å². The lowest BCUT2D eigenvalue weighted by Gasteiger charge is -2.41. The average Bonchev–Trinajstić information content (AvgIpc) is 3.40. The summed E-state index contributed by atoms with van der Waals surface area (Å²) in [6, 6.07) is 17.4. The van der Waals surface area contributed by atoms with Gasteiger partial charge in [-0.15, -0.1) is 0 Å². The highest BCUT2D eigenvalue weighted by Crippen LogP contribution is 2.60. The third-order valence-electron chi connectivity index (χ3n) is 8.59. The van der Waals surface area contributed by atoms with Crippen LogP contribution in [0.1, 0.15) is 23.0 Å². The second kappa shape index (κ2) is 11.5. The third-order valence-corrected chi connectivity index (χ3v) is 8.59. The summed E-state index contributed by atoms with van der Waals surface area (Å²) >= 11 is 0. The van der Waals surface area contributed by atoms with Crippen LogP contribution in [-0.4, -0.2) is 65.8 Å². The average molecular weight is 601 g/mol. The molecule has 3 aliphatic carbocycles. The van der Waals surface area contributed by atoms with Gasteiger partial charge < -0.3 is 28.4 Å². The Bertz CT molecular complexity index is 1470. The molecule has 44 heavy (non-hydrogen) atoms. The number of carbonyl (C=O) groups is 4. The largest absolute Gasteiger partial charge is 0.500 e. The number of carbonyl (C=O) groups excluding carboxylic acids is 4. The molecule has 0 fully saturated rings. The molecular weight excluding hydrogens is 568 g/mol. The fourth-order valence-electron chi connectivity index (χ4n) is 6.68. The van der Waals surface area contributed by atoms with E-state index in [1.54, 1.807) is 60.7 Å². The maximum Gasteiger partial charge on any atom is 0.223 e. The van der Waals surface area contributed by atoms with Gasteiger partial charge >= 0.3 is 0 Å². The first kappa shape index (κ1) is 30.3. The zero-order valence-corrected chi connectivity index (χ0v) is 25.2. The summed E-state index contributed by atoms with van der Waals surface area (Å²) in [5.74, 6) is -6.49. The van der Waals surface area contributed by atoms with Crippen LogP contribution in [0, 0.1) is 10.8 Å². The van der Waals surface area contributed by atoms with Crippen LogP contribution in [0.25, 0.3) is 0 Å². The van der Waals surface area contributed by atoms with Crippen molar-refractivity contribution < 1.29 is 47.6 Å². The van der Waals surface area contributed by atoms with Crippen molar-refractivity contribution in [1.82, 2.24) is 0 Å². The molecular formula is C34H32O10. The van der Waals surface area contributed by atoms with Crippen molar-refractivity contribution in [1.29, 1.82) is 0 Å². The van der Waals surface area contributed by atoms with Gasteiger partial charge in [0.15, 0.2) is 10.8 Å². The van der Waals surface area contributed by atoms with Gasteiger partial charge in [-0.1, -0.05) is 60.7 Å². The van der Waals surface area contributed by atoms with Crippen molar-refractivity contribution in [3.63, 3.8) is 0 Å². The molecule has 228 valence electrons. The summed E-state index contributed by atoms with van der Waals surface area (Å²) in [4.78, 5) is 58.1. The van der Waals surface area contributed by atoms with E-state index >= 15 is 0 Å². The van der Waals surface area contributed by atoms with Gasteiger partial charge in [0, 0.05) is 11.8 Å². The number of allylic oxidation sites excluding steroid dienone is 8. The van der Waals surface area contributed by atoms with Crippen molar-refractivity contribution >= 4 is 23.1 Å². The highest BCUT2D eigenvalue weighted by molar-refractivity contribution is 6.30. The van der Waals surface area contributed by atoms with Gasteiger partial charge in [0.2, 0.25) is 46.2 Å². The van der Waals surface area contributed by atoms with Gasteiger partial charge in [-0.25, -0.2) is 0 Å². The first-order chi connectivity index (χ1) is 21.2. The molecule has 2 aromatic rings. The molecule has 3 aliphatic rings. The van der Waals surface area contributed by atoms with E-state index in [-0.39, 0.29) is 34.6 Å². The highest BCUT2D eigenvalue weighted by atomic mass is 16.5. The minimum absolute atomic E-state index is 0.104. The topological polar surface area (TPSA) is 124 Å². The van der Waals surface area contributed by atoms with Crippen molar-refractivity contribution in [2.24, 2.45) is 10.8 Å². The van der Waals surface area contributed by atoms with Crippen LogP contribution < -0.4 is 0 Å². The SMILES string of the molecule is COC1=C(OC)C(=O)C2(C1=O)/C(OC)=C\C(c1ccccc1)C1(C(=O)C(OC)=C(OC)C1=O)/C(OC)=C\C2c1ccccc1. The van der Waals surface area contributed by atoms with E-state index in [0.29, 0.717) is 11.1 Å². The maximum absolute atomic E-state index is 14.5. The standard InChI is InChI=1S/C34H32O10/c1-39-23-17-21(19-13-9-7-10-14-19)34(31(37)27(43-5)28(44-6)32(34)38)24(40-2)18-22(20-15-11-8-12-16-20)33(23)29(35)25(41-3)26(42-4)30(33)36/h7-18,21-22H,1-6H3/b23-17+,24-18+. The van der Waals surface area contributed by atoms with Crippen LogP contribution >= 0.6 is 0 Å². The molecule has 10 heteroatoms. The minimum Gasteiger partial charge on any atom is -0.500 e. The van der Waals surface area contributed by atoms with E-state index in [4.69, 9.17) is 28.4 Å². The molecule has 0 aliphatic heterocycles. The quantitative estimate of drug-likeness (QED) is 0.412. The van der Waals surface area contributed by atoms with Gasteiger partial charge in [-0.05, 0) is 23.3 Å². The van der Waals surface area contributed by atoms with Crippen LogP contribution in [0.5, 0.6) is 0 Å². The number of benzene rings is 2. The molecule has 0 aromatic heterocycles. The predicted molar refractivity (Wildman–Crippen MR) is 156 cm³/mol. The molecule has 0 heterocycles. The monoisotopic (exact) mass is 600 g/mol. The number of rotatable bonds is 8. The van der Waals surface area contributed by atoms with E-state index in [2.05, 4.69) is 0 Å². The summed E-state index contributed by atoms with van der Waals surface area (Å²) < 4.78 is 33.6. The molecule has 2 unspecified atom stereocenters. The molecule has 0 amide bonds. The Kier molecular flexibility index (Phi) is 7.94. The van der Waals surface area contributed by atoms with Gasteiger partial charge in [-0.3, -0.25) is 19.2 Å². The molecule has 0 saturated carbocycles. The number of methoxy groups -OCH3 is 6. The van der Waals surface area contributed by atoms with E-state index in [9.17, 15) is 19.2 Å². The molecule has 0 N–H and O–H groups in total. The first-order valence-corrected chi connectivity index (χ1v) is 13.7. The number of Topliss-reactive ketones (excluding diaryl/α,β-unsaturated/α-hetero) is 4. The summed E-state index contributed by atoms with van der Waals surface area (Å²) in [5, 5.41) is 0. The van der Waals surface area contributed by atoms with E-state index < -0.39 is 45.8 Å². The number of hydrogen-bond acceptors (Lipinski definition) is 10. The van der Waals surface area contributed by atoms with Gasteiger partial charge in [0.1, 0.15) is 11.5 Å². The van der Waals surface area contributed by atoms with Crippen LogP contribution in [0.2, 0.25) is 0 Å². The Morgan fingerprint density at radius 2 is 0.705 bits per heavy atom. The van der Waals surface area contributed by atoms with Crippen LogP contribution in [0.3, 0.4) is 0 Å². The Balaban J connectivity index is 1.97. The summed E-state index contributed by atoms with van der Waals surface area (Å²) in [7, 11) is 7.73. The lowest BCUT2D eigenvalue weighted by atomic mass is 9.59. The van der Waals surface area contributed by atoms with E-state index in [0.717, 1.165) is 0 Å². The molecule has 0 saturated heterocycles. The van der Waals surface area contributed by atoms with Crippen LogP contribution in [-0.2, 0) is 47.6 Å². The Morgan fingerprint density at radius 1 is 0.432 bits per heavy atom. The van der Waals surface area contributed by atoms with E-state index in [1.807, 2.05) is 0 Å². The predicted octanol–water partition coefficient (Wildman–Crippen LogP) is 3.91. The molecule has 2 spiro atoms. The second-order valence-electron chi connectivity index (χ2n) is 10.3. The fraction of sp³-hybridized carbons (Fsp3) is 0.294. The molecule has 2 aromatic carbocycles. The number of ketones is 4. The molecule has 5 rings (SSSR count). The number of hydrogen-bond donors (Lipinski definition) is 0. The highest BCUT2D eigenvalue weighted by Gasteiger charge is 2.69. The smallest absolute Gasteiger partial charge is 0.223 e. The van der Waals surface area contributed by atoms with Gasteiger partial charge in [0.25, 0.3) is 0 Å². The van der Waals surface area contributed by atoms with Crippen molar-refractivity contribution in [2.75, 3.05) is 42.7 Å². The van der Waals surface area contributed by atoms with E-state index in [1.165, 1.54) is 54.8 Å². The zero-order valence-electron chi connectivity index (χ0n) is 25.2. The van der Waals surface area contributed by atoms with Crippen molar-refractivity contribution in [3.05, 3.63) is 118 Å². The second-order valence-corrected chi connectivity index (χ2v) is 10.3. The summed E-state index contributed by atoms with van der Waals surface area (Å²) in [6.45, 7) is 0. The third kappa shape index (κ3) is 3.86. The van der Waals surface area contributed by atoms with Crippen LogP contribution in [0.4, 0.5) is 0 Å². The fourth-order valence-corrected chi connectivity index (χ4v) is 6.68. The lowest BCUT2D eigenvalue weighted by Crippen LogP contribution is -2.49. The normalized spacial score (nSPS) is 24.9. The summed E-state index contributed by atoms with van der Waals surface area (Å²) in [6.07, 6.45) is 2.95. The molecule has 0 radical (unpaired) electrons. The Morgan fingerprint density at radius 3 is 0.932 bits per heavy atom. The number of ether oxygens (including phenoxy) is 6. The maximum atomic E-state index is 14.5. The summed E-state index contributed by atoms with van der Waals surface area (Å²) in [5.41, 5.74) is -3.18. The first-order valence-electron chi connectivity index (χ1n) is 13.7. The van der Waals surface area contributed by atoms with Gasteiger partial charge in [-0.2, -0.15) is 0 Å². The zero-order chi connectivity index (χ0) is 31.8. The minimum atomic E-state index is -2.09. The lowest BCUT2D eigenvalue weighted by molar-refractivity contribution is -0.137. The van der Waals surface area contributed by atoms with Crippen molar-refractivity contribution in [2.45, 2.75) is 11.8 Å². The molecule has 10 nitrogen and oxygen atoms in total. The molecule has 2 atom stereocenters. The Hall–Kier alpha value is -5.12. The molecule has 0 bridgehead atoms.